The number of aryl methyl sites for hydroxylation is 1. The van der Waals surface area contributed by atoms with E-state index in [1.54, 1.807) is 6.07 Å². The van der Waals surface area contributed by atoms with Crippen molar-refractivity contribution in [3.63, 3.8) is 0 Å². The molecule has 0 saturated heterocycles. The summed E-state index contributed by atoms with van der Waals surface area (Å²) >= 11 is 0. The predicted molar refractivity (Wildman–Crippen MR) is 197 cm³/mol. The molecule has 5 aromatic carbocycles. The van der Waals surface area contributed by atoms with Crippen molar-refractivity contribution >= 4 is 17.1 Å². The number of nitrogens with two attached hydrogens (primary N) is 3. The molecule has 6 N–H and O–H groups in total. The molecule has 0 aliphatic rings. The zero-order chi connectivity index (χ0) is 31.8. The van der Waals surface area contributed by atoms with Crippen molar-refractivity contribution in [2.24, 2.45) is 0 Å². The quantitative estimate of drug-likeness (QED) is 0.0935. The fraction of sp³-hybridized carbons (Fsp3) is 0.286. The SMILES string of the molecule is CCCCCC(CCCCC)c1cc(-c2cccc(-c3cc(C)cc(N)c3)c2)cc(-c2cccc(-c3cc(N)cc(N)c3)c2)c1. The molecule has 5 aromatic rings. The second-order valence-electron chi connectivity index (χ2n) is 12.7. The van der Waals surface area contributed by atoms with E-state index in [4.69, 9.17) is 17.2 Å². The highest BCUT2D eigenvalue weighted by molar-refractivity contribution is 5.81. The number of benzene rings is 5. The topological polar surface area (TPSA) is 78.1 Å². The number of unbranched alkanes of at least 4 members (excludes halogenated alkanes) is 4. The summed E-state index contributed by atoms with van der Waals surface area (Å²) in [6.45, 7) is 6.68. The van der Waals surface area contributed by atoms with E-state index in [2.05, 4.69) is 99.6 Å². The van der Waals surface area contributed by atoms with Gasteiger partial charge in [0.2, 0.25) is 0 Å². The Hall–Kier alpha value is -4.50. The molecular weight excluding hydrogens is 546 g/mol. The Kier molecular flexibility index (Phi) is 10.6. The van der Waals surface area contributed by atoms with Crippen LogP contribution in [0.2, 0.25) is 0 Å². The van der Waals surface area contributed by atoms with E-state index in [9.17, 15) is 0 Å². The van der Waals surface area contributed by atoms with Crippen molar-refractivity contribution < 1.29 is 0 Å². The zero-order valence-corrected chi connectivity index (χ0v) is 27.3. The third-order valence-electron chi connectivity index (χ3n) is 8.87. The van der Waals surface area contributed by atoms with Crippen LogP contribution in [0.25, 0.3) is 44.5 Å². The first-order valence-electron chi connectivity index (χ1n) is 16.7. The molecule has 0 aromatic heterocycles. The largest absolute Gasteiger partial charge is 0.399 e. The fourth-order valence-corrected chi connectivity index (χ4v) is 6.56. The molecule has 0 atom stereocenters. The second-order valence-corrected chi connectivity index (χ2v) is 12.7. The van der Waals surface area contributed by atoms with Crippen molar-refractivity contribution in [2.45, 2.75) is 78.1 Å². The van der Waals surface area contributed by atoms with E-state index in [0.29, 0.717) is 17.3 Å². The van der Waals surface area contributed by atoms with Gasteiger partial charge in [-0.05, 0) is 130 Å². The van der Waals surface area contributed by atoms with Gasteiger partial charge in [0.05, 0.1) is 0 Å². The van der Waals surface area contributed by atoms with Gasteiger partial charge in [-0.3, -0.25) is 0 Å². The Morgan fingerprint density at radius 3 is 1.29 bits per heavy atom. The van der Waals surface area contributed by atoms with Gasteiger partial charge in [0.25, 0.3) is 0 Å². The lowest BCUT2D eigenvalue weighted by Gasteiger charge is -2.21. The molecule has 0 unspecified atom stereocenters. The van der Waals surface area contributed by atoms with Crippen LogP contribution in [0.3, 0.4) is 0 Å². The summed E-state index contributed by atoms with van der Waals surface area (Å²) in [5.41, 5.74) is 32.7. The number of hydrogen-bond donors (Lipinski definition) is 3. The van der Waals surface area contributed by atoms with Crippen LogP contribution in [0.15, 0.2) is 103 Å². The third kappa shape index (κ3) is 8.36. The Balaban J connectivity index is 1.62. The normalized spacial score (nSPS) is 11.3. The lowest BCUT2D eigenvalue weighted by Crippen LogP contribution is -2.01. The summed E-state index contributed by atoms with van der Waals surface area (Å²) in [6, 6.07) is 37.0. The van der Waals surface area contributed by atoms with Crippen molar-refractivity contribution in [1.29, 1.82) is 0 Å². The van der Waals surface area contributed by atoms with Gasteiger partial charge in [0, 0.05) is 17.1 Å². The first kappa shape index (κ1) is 31.9. The van der Waals surface area contributed by atoms with Crippen LogP contribution in [-0.4, -0.2) is 0 Å². The van der Waals surface area contributed by atoms with E-state index in [-0.39, 0.29) is 0 Å². The van der Waals surface area contributed by atoms with Gasteiger partial charge in [0.15, 0.2) is 0 Å². The highest BCUT2D eigenvalue weighted by atomic mass is 14.6. The van der Waals surface area contributed by atoms with E-state index in [0.717, 1.165) is 22.4 Å². The summed E-state index contributed by atoms with van der Waals surface area (Å²) in [4.78, 5) is 0. The van der Waals surface area contributed by atoms with Gasteiger partial charge in [-0.25, -0.2) is 0 Å². The summed E-state index contributed by atoms with van der Waals surface area (Å²) in [7, 11) is 0. The first-order valence-corrected chi connectivity index (χ1v) is 16.7. The standard InChI is InChI=1S/C42H49N3/c1-4-6-8-12-30(13-9-7-5-2)36-22-37(32-15-10-14-31(20-32)35-18-29(3)19-40(43)25-35)24-38(23-36)33-16-11-17-34(21-33)39-26-41(44)28-42(45)27-39/h10-11,14-28,30H,4-9,12-13,43-45H2,1-3H3. The minimum atomic E-state index is 0.540. The highest BCUT2D eigenvalue weighted by Gasteiger charge is 2.16. The molecule has 0 saturated carbocycles. The smallest absolute Gasteiger partial charge is 0.0340 e. The molecule has 0 heterocycles. The van der Waals surface area contributed by atoms with Gasteiger partial charge in [-0.1, -0.05) is 107 Å². The molecule has 0 amide bonds. The molecule has 3 heteroatoms. The zero-order valence-electron chi connectivity index (χ0n) is 27.3. The number of anilines is 3. The maximum absolute atomic E-state index is 6.24. The van der Waals surface area contributed by atoms with Crippen LogP contribution in [0, 0.1) is 6.92 Å². The van der Waals surface area contributed by atoms with Gasteiger partial charge in [0.1, 0.15) is 0 Å². The fourth-order valence-electron chi connectivity index (χ4n) is 6.56. The van der Waals surface area contributed by atoms with Gasteiger partial charge < -0.3 is 17.2 Å². The molecular formula is C42H49N3. The van der Waals surface area contributed by atoms with Crippen LogP contribution in [-0.2, 0) is 0 Å². The molecule has 5 rings (SSSR count). The Morgan fingerprint density at radius 1 is 0.444 bits per heavy atom. The van der Waals surface area contributed by atoms with Crippen LogP contribution in [0.4, 0.5) is 17.1 Å². The Labute approximate surface area is 270 Å². The molecule has 3 nitrogen and oxygen atoms in total. The maximum Gasteiger partial charge on any atom is 0.0340 e. The predicted octanol–water partition coefficient (Wildman–Crippen LogP) is 11.7. The average Bonchev–Trinajstić information content (AvgIpc) is 3.03. The van der Waals surface area contributed by atoms with E-state index in [1.165, 1.54) is 90.3 Å². The first-order chi connectivity index (χ1) is 21.8. The summed E-state index contributed by atoms with van der Waals surface area (Å²) in [5, 5.41) is 0. The average molecular weight is 596 g/mol. The molecule has 0 radical (unpaired) electrons. The van der Waals surface area contributed by atoms with Crippen molar-refractivity contribution in [3.8, 4) is 44.5 Å². The molecule has 0 aliphatic carbocycles. The minimum Gasteiger partial charge on any atom is -0.399 e. The minimum absolute atomic E-state index is 0.540. The van der Waals surface area contributed by atoms with Crippen LogP contribution >= 0.6 is 0 Å². The lowest BCUT2D eigenvalue weighted by atomic mass is 9.84. The lowest BCUT2D eigenvalue weighted by molar-refractivity contribution is 0.507. The van der Waals surface area contributed by atoms with Crippen LogP contribution < -0.4 is 17.2 Å². The molecule has 0 fully saturated rings. The highest BCUT2D eigenvalue weighted by Crippen LogP contribution is 2.38. The number of rotatable bonds is 13. The monoisotopic (exact) mass is 595 g/mol. The van der Waals surface area contributed by atoms with Crippen molar-refractivity contribution in [2.75, 3.05) is 17.2 Å². The Bertz CT molecular complexity index is 1570. The summed E-state index contributed by atoms with van der Waals surface area (Å²) in [5.74, 6) is 0.540. The molecule has 0 spiro atoms. The summed E-state index contributed by atoms with van der Waals surface area (Å²) < 4.78 is 0. The van der Waals surface area contributed by atoms with Crippen molar-refractivity contribution in [1.82, 2.24) is 0 Å². The Morgan fingerprint density at radius 2 is 0.844 bits per heavy atom. The second kappa shape index (κ2) is 15.0. The molecule has 232 valence electrons. The van der Waals surface area contributed by atoms with Gasteiger partial charge in [-0.15, -0.1) is 0 Å². The maximum atomic E-state index is 6.24. The summed E-state index contributed by atoms with van der Waals surface area (Å²) in [6.07, 6.45) is 10.0. The van der Waals surface area contributed by atoms with Gasteiger partial charge >= 0.3 is 0 Å². The van der Waals surface area contributed by atoms with Gasteiger partial charge in [-0.2, -0.15) is 0 Å². The number of hydrogen-bond acceptors (Lipinski definition) is 3. The van der Waals surface area contributed by atoms with Crippen LogP contribution in [0.5, 0.6) is 0 Å². The molecule has 0 aliphatic heterocycles. The molecule has 0 bridgehead atoms. The van der Waals surface area contributed by atoms with Crippen LogP contribution in [0.1, 0.15) is 82.3 Å². The van der Waals surface area contributed by atoms with Crippen molar-refractivity contribution in [3.05, 3.63) is 114 Å². The number of nitrogen functional groups attached to an aromatic ring is 3. The third-order valence-corrected chi connectivity index (χ3v) is 8.87. The van der Waals surface area contributed by atoms with E-state index >= 15 is 0 Å². The van der Waals surface area contributed by atoms with E-state index < -0.39 is 0 Å². The van der Waals surface area contributed by atoms with E-state index in [1.807, 2.05) is 18.2 Å². The molecule has 45 heavy (non-hydrogen) atoms.